The minimum absolute atomic E-state index is 0.0831. The van der Waals surface area contributed by atoms with Crippen LogP contribution in [0.1, 0.15) is 129 Å². The van der Waals surface area contributed by atoms with Crippen LogP contribution in [0.15, 0.2) is 0 Å². The maximum absolute atomic E-state index is 11.9. The van der Waals surface area contributed by atoms with Gasteiger partial charge in [0.2, 0.25) is 5.91 Å². The predicted octanol–water partition coefficient (Wildman–Crippen LogP) is 6.20. The smallest absolute Gasteiger partial charge is 0.463 e. The van der Waals surface area contributed by atoms with E-state index in [2.05, 4.69) is 19.2 Å². The van der Waals surface area contributed by atoms with Crippen molar-refractivity contribution in [1.29, 1.82) is 0 Å². The molecule has 1 amide bonds. The van der Waals surface area contributed by atoms with Gasteiger partial charge in [0, 0.05) is 19.4 Å². The zero-order valence-electron chi connectivity index (χ0n) is 23.4. The molecule has 0 aromatic heterocycles. The summed E-state index contributed by atoms with van der Waals surface area (Å²) in [4.78, 5) is 33.1. The summed E-state index contributed by atoms with van der Waals surface area (Å²) in [6.45, 7) is 3.39. The molecule has 2 unspecified atom stereocenters. The fourth-order valence-corrected chi connectivity index (χ4v) is 4.55. The lowest BCUT2D eigenvalue weighted by Crippen LogP contribution is -2.27. The van der Waals surface area contributed by atoms with Crippen LogP contribution < -0.4 is 5.32 Å². The Kier molecular flexibility index (Phi) is 24.6. The van der Waals surface area contributed by atoms with E-state index in [0.717, 1.165) is 44.9 Å². The van der Waals surface area contributed by atoms with Crippen molar-refractivity contribution < 1.29 is 37.9 Å². The number of ether oxygens (including phenoxy) is 1. The van der Waals surface area contributed by atoms with Crippen molar-refractivity contribution in [2.45, 2.75) is 136 Å². The summed E-state index contributed by atoms with van der Waals surface area (Å²) in [7, 11) is -4.38. The number of carbonyl (C=O) groups excluding carboxylic acids is 2. The van der Waals surface area contributed by atoms with Crippen LogP contribution >= 0.6 is 7.82 Å². The largest absolute Gasteiger partial charge is 0.472 e. The number of carbonyl (C=O) groups is 2. The normalized spacial score (nSPS) is 13.7. The lowest BCUT2D eigenvalue weighted by Gasteiger charge is -2.15. The van der Waals surface area contributed by atoms with Gasteiger partial charge in [0.05, 0.1) is 13.2 Å². The average Bonchev–Trinajstić information content (AvgIpc) is 2.87. The van der Waals surface area contributed by atoms with Gasteiger partial charge in [-0.1, -0.05) is 104 Å². The van der Waals surface area contributed by atoms with Crippen LogP contribution in [0.3, 0.4) is 0 Å². The van der Waals surface area contributed by atoms with E-state index in [1.807, 2.05) is 0 Å². The number of hydrogen-bond donors (Lipinski definition) is 3. The summed E-state index contributed by atoms with van der Waals surface area (Å²) in [5.74, 6) is -0.533. The highest BCUT2D eigenvalue weighted by molar-refractivity contribution is 7.47. The van der Waals surface area contributed by atoms with E-state index in [1.165, 1.54) is 57.8 Å². The zero-order chi connectivity index (χ0) is 27.6. The summed E-state index contributed by atoms with van der Waals surface area (Å²) in [5, 5.41) is 12.5. The highest BCUT2D eigenvalue weighted by atomic mass is 31.2. The van der Waals surface area contributed by atoms with Crippen molar-refractivity contribution in [2.75, 3.05) is 26.4 Å². The number of nitrogens with one attached hydrogen (secondary N) is 1. The molecule has 0 aliphatic heterocycles. The Morgan fingerprint density at radius 1 is 0.730 bits per heavy atom. The van der Waals surface area contributed by atoms with Gasteiger partial charge in [0.15, 0.2) is 0 Å². The molecule has 0 aromatic rings. The molecule has 0 aromatic carbocycles. The van der Waals surface area contributed by atoms with Gasteiger partial charge in [-0.2, -0.15) is 0 Å². The van der Waals surface area contributed by atoms with Gasteiger partial charge in [-0.3, -0.25) is 18.6 Å². The number of aliphatic hydroxyl groups is 1. The first-order chi connectivity index (χ1) is 17.8. The molecule has 220 valence electrons. The van der Waals surface area contributed by atoms with Crippen LogP contribution in [0.2, 0.25) is 0 Å². The SMILES string of the molecule is CCCCCCCCCCCCCCC(=O)OCC(O)COP(=O)(O)OCCNC(=O)CCCCCC. The minimum Gasteiger partial charge on any atom is -0.463 e. The molecule has 0 saturated heterocycles. The van der Waals surface area contributed by atoms with E-state index in [0.29, 0.717) is 6.42 Å². The van der Waals surface area contributed by atoms with Gasteiger partial charge in [0.25, 0.3) is 0 Å². The fourth-order valence-electron chi connectivity index (χ4n) is 3.79. The van der Waals surface area contributed by atoms with E-state index in [1.54, 1.807) is 0 Å². The van der Waals surface area contributed by atoms with Crippen molar-refractivity contribution in [2.24, 2.45) is 0 Å². The van der Waals surface area contributed by atoms with Crippen LogP contribution in [0.25, 0.3) is 0 Å². The Hall–Kier alpha value is -0.990. The van der Waals surface area contributed by atoms with Crippen LogP contribution in [0.4, 0.5) is 0 Å². The number of esters is 1. The molecule has 2 atom stereocenters. The Bertz CT molecular complexity index is 605. The molecule has 0 aliphatic carbocycles. The van der Waals surface area contributed by atoms with E-state index >= 15 is 0 Å². The number of aliphatic hydroxyl groups excluding tert-OH is 1. The summed E-state index contributed by atoms with van der Waals surface area (Å²) in [6, 6.07) is 0. The van der Waals surface area contributed by atoms with Gasteiger partial charge in [-0.25, -0.2) is 4.57 Å². The van der Waals surface area contributed by atoms with Crippen molar-refractivity contribution in [3.63, 3.8) is 0 Å². The van der Waals surface area contributed by atoms with Crippen LogP contribution in [-0.4, -0.2) is 54.3 Å². The van der Waals surface area contributed by atoms with Crippen molar-refractivity contribution in [3.8, 4) is 0 Å². The molecule has 3 N–H and O–H groups in total. The molecule has 0 spiro atoms. The molecule has 0 rings (SSSR count). The van der Waals surface area contributed by atoms with Crippen LogP contribution in [0, 0.1) is 0 Å². The van der Waals surface area contributed by atoms with Crippen LogP contribution in [-0.2, 0) is 27.9 Å². The molecule has 0 bridgehead atoms. The summed E-state index contributed by atoms with van der Waals surface area (Å²) >= 11 is 0. The van der Waals surface area contributed by atoms with Gasteiger partial charge >= 0.3 is 13.8 Å². The molecular formula is C27H54NO8P. The third kappa shape index (κ3) is 26.4. The predicted molar refractivity (Wildman–Crippen MR) is 146 cm³/mol. The number of amides is 1. The minimum atomic E-state index is -4.38. The second-order valence-electron chi connectivity index (χ2n) is 9.73. The molecule has 0 radical (unpaired) electrons. The van der Waals surface area contributed by atoms with Crippen molar-refractivity contribution in [1.82, 2.24) is 5.32 Å². The Balaban J connectivity index is 3.64. The van der Waals surface area contributed by atoms with E-state index in [9.17, 15) is 24.2 Å². The number of phosphoric ester groups is 1. The first-order valence-electron chi connectivity index (χ1n) is 14.5. The molecule has 0 aliphatic rings. The molecule has 37 heavy (non-hydrogen) atoms. The Morgan fingerprint density at radius 2 is 1.22 bits per heavy atom. The summed E-state index contributed by atoms with van der Waals surface area (Å²) in [5.41, 5.74) is 0. The maximum Gasteiger partial charge on any atom is 0.472 e. The third-order valence-corrected chi connectivity index (χ3v) is 7.02. The standard InChI is InChI=1S/C27H54NO8P/c1-3-5-7-9-10-11-12-13-14-15-16-18-20-27(31)34-23-25(29)24-36-37(32,33)35-22-21-28-26(30)19-17-8-6-4-2/h25,29H,3-24H2,1-2H3,(H,28,30)(H,32,33). The second-order valence-corrected chi connectivity index (χ2v) is 11.2. The average molecular weight is 552 g/mol. The van der Waals surface area contributed by atoms with Gasteiger partial charge in [0.1, 0.15) is 12.7 Å². The van der Waals surface area contributed by atoms with Crippen molar-refractivity contribution in [3.05, 3.63) is 0 Å². The Morgan fingerprint density at radius 3 is 1.78 bits per heavy atom. The number of hydrogen-bond acceptors (Lipinski definition) is 7. The van der Waals surface area contributed by atoms with E-state index in [4.69, 9.17) is 13.8 Å². The molecule has 0 saturated carbocycles. The zero-order valence-corrected chi connectivity index (χ0v) is 24.3. The first-order valence-corrected chi connectivity index (χ1v) is 16.0. The van der Waals surface area contributed by atoms with Gasteiger partial charge in [-0.15, -0.1) is 0 Å². The fraction of sp³-hybridized carbons (Fsp3) is 0.926. The monoisotopic (exact) mass is 551 g/mol. The molecular weight excluding hydrogens is 497 g/mol. The lowest BCUT2D eigenvalue weighted by atomic mass is 10.0. The molecule has 0 heterocycles. The first kappa shape index (κ1) is 36.0. The molecule has 9 nitrogen and oxygen atoms in total. The highest BCUT2D eigenvalue weighted by Crippen LogP contribution is 2.42. The van der Waals surface area contributed by atoms with Gasteiger partial charge in [-0.05, 0) is 12.8 Å². The third-order valence-electron chi connectivity index (χ3n) is 6.04. The summed E-state index contributed by atoms with van der Waals surface area (Å²) in [6.07, 6.45) is 18.0. The van der Waals surface area contributed by atoms with Crippen LogP contribution in [0.5, 0.6) is 0 Å². The molecule has 10 heteroatoms. The summed E-state index contributed by atoms with van der Waals surface area (Å²) < 4.78 is 26.4. The number of rotatable bonds is 27. The van der Waals surface area contributed by atoms with Crippen molar-refractivity contribution >= 4 is 19.7 Å². The lowest BCUT2D eigenvalue weighted by molar-refractivity contribution is -0.147. The Labute approximate surface area is 225 Å². The number of phosphoric acid groups is 1. The van der Waals surface area contributed by atoms with Gasteiger partial charge < -0.3 is 20.1 Å². The second kappa shape index (κ2) is 25.3. The number of unbranched alkanes of at least 4 members (excludes halogenated alkanes) is 14. The highest BCUT2D eigenvalue weighted by Gasteiger charge is 2.23. The maximum atomic E-state index is 11.9. The van der Waals surface area contributed by atoms with E-state index in [-0.39, 0.29) is 32.1 Å². The topological polar surface area (TPSA) is 131 Å². The molecule has 0 fully saturated rings. The van der Waals surface area contributed by atoms with E-state index < -0.39 is 26.5 Å². The quantitative estimate of drug-likeness (QED) is 0.0624.